The number of hydrogen-bond donors (Lipinski definition) is 1. The van der Waals surface area contributed by atoms with E-state index >= 15 is 0 Å². The summed E-state index contributed by atoms with van der Waals surface area (Å²) in [5.41, 5.74) is 1.01. The number of hydrogen-bond acceptors (Lipinski definition) is 4. The molecule has 4 nitrogen and oxygen atoms in total. The molecule has 74 valence electrons. The summed E-state index contributed by atoms with van der Waals surface area (Å²) >= 11 is 0. The summed E-state index contributed by atoms with van der Waals surface area (Å²) < 4.78 is 0. The molecule has 0 spiro atoms. The lowest BCUT2D eigenvalue weighted by Gasteiger charge is -2.24. The third-order valence-electron chi connectivity index (χ3n) is 2.67. The van der Waals surface area contributed by atoms with Crippen molar-refractivity contribution in [3.63, 3.8) is 0 Å². The van der Waals surface area contributed by atoms with Gasteiger partial charge >= 0.3 is 0 Å². The molecule has 2 atom stereocenters. The van der Waals surface area contributed by atoms with Crippen molar-refractivity contribution in [2.45, 2.75) is 31.3 Å². The van der Waals surface area contributed by atoms with Crippen LogP contribution in [0.3, 0.4) is 0 Å². The lowest BCUT2D eigenvalue weighted by molar-refractivity contribution is -0.129. The molecule has 1 aliphatic rings. The van der Waals surface area contributed by atoms with Crippen LogP contribution in [-0.4, -0.2) is 27.0 Å². The van der Waals surface area contributed by atoms with Crippen molar-refractivity contribution in [1.29, 1.82) is 0 Å². The van der Waals surface area contributed by atoms with Crippen LogP contribution in [-0.2, 0) is 4.79 Å². The Morgan fingerprint density at radius 3 is 2.71 bits per heavy atom. The molecule has 0 saturated heterocycles. The van der Waals surface area contributed by atoms with Gasteiger partial charge in [-0.05, 0) is 24.3 Å². The molecule has 14 heavy (non-hydrogen) atoms. The highest BCUT2D eigenvalue weighted by molar-refractivity contribution is 5.83. The Morgan fingerprint density at radius 1 is 1.36 bits per heavy atom. The highest BCUT2D eigenvalue weighted by atomic mass is 16.3. The van der Waals surface area contributed by atoms with Crippen LogP contribution >= 0.6 is 0 Å². The Bertz CT molecular complexity index is 326. The standard InChI is InChI=1S/C10H12N2O2/c13-9-2-1-7(3-10(9)14)8-4-11-6-12-5-8/h4-7,10,14H,1-3H2. The van der Waals surface area contributed by atoms with E-state index in [4.69, 9.17) is 0 Å². The highest BCUT2D eigenvalue weighted by Gasteiger charge is 2.27. The quantitative estimate of drug-likeness (QED) is 0.710. The molecule has 0 amide bonds. The summed E-state index contributed by atoms with van der Waals surface area (Å²) in [4.78, 5) is 18.9. The van der Waals surface area contributed by atoms with Gasteiger partial charge in [0.2, 0.25) is 0 Å². The first-order chi connectivity index (χ1) is 6.77. The maximum Gasteiger partial charge on any atom is 0.161 e. The predicted molar refractivity (Wildman–Crippen MR) is 49.6 cm³/mol. The number of aliphatic hydroxyl groups is 1. The number of ketones is 1. The molecule has 1 saturated carbocycles. The summed E-state index contributed by atoms with van der Waals surface area (Å²) in [6.07, 6.45) is 5.94. The molecule has 0 bridgehead atoms. The van der Waals surface area contributed by atoms with Crippen molar-refractivity contribution < 1.29 is 9.90 Å². The van der Waals surface area contributed by atoms with Gasteiger partial charge in [0.15, 0.2) is 5.78 Å². The Balaban J connectivity index is 2.11. The fourth-order valence-corrected chi connectivity index (χ4v) is 1.83. The highest BCUT2D eigenvalue weighted by Crippen LogP contribution is 2.30. The average molecular weight is 192 g/mol. The Morgan fingerprint density at radius 2 is 2.07 bits per heavy atom. The number of rotatable bonds is 1. The van der Waals surface area contributed by atoms with Crippen LogP contribution in [0.2, 0.25) is 0 Å². The van der Waals surface area contributed by atoms with Crippen molar-refractivity contribution in [2.75, 3.05) is 0 Å². The second kappa shape index (κ2) is 3.84. The van der Waals surface area contributed by atoms with Gasteiger partial charge in [0, 0.05) is 18.8 Å². The lowest BCUT2D eigenvalue weighted by Crippen LogP contribution is -2.28. The summed E-state index contributed by atoms with van der Waals surface area (Å²) in [5.74, 6) is 0.182. The van der Waals surface area contributed by atoms with Gasteiger partial charge in [-0.25, -0.2) is 9.97 Å². The second-order valence-corrected chi connectivity index (χ2v) is 3.63. The van der Waals surface area contributed by atoms with Crippen molar-refractivity contribution in [3.8, 4) is 0 Å². The van der Waals surface area contributed by atoms with Crippen LogP contribution in [0.25, 0.3) is 0 Å². The topological polar surface area (TPSA) is 63.1 Å². The molecule has 1 aromatic rings. The summed E-state index contributed by atoms with van der Waals surface area (Å²) in [6, 6.07) is 0. The monoisotopic (exact) mass is 192 g/mol. The van der Waals surface area contributed by atoms with Crippen molar-refractivity contribution in [3.05, 3.63) is 24.3 Å². The fraction of sp³-hybridized carbons (Fsp3) is 0.500. The Hall–Kier alpha value is -1.29. The van der Waals surface area contributed by atoms with E-state index in [0.29, 0.717) is 12.8 Å². The molecule has 1 heterocycles. The van der Waals surface area contributed by atoms with Crippen molar-refractivity contribution in [2.24, 2.45) is 0 Å². The van der Waals surface area contributed by atoms with Crippen molar-refractivity contribution in [1.82, 2.24) is 9.97 Å². The molecule has 2 unspecified atom stereocenters. The van der Waals surface area contributed by atoms with E-state index in [9.17, 15) is 9.90 Å². The Kier molecular flexibility index (Phi) is 2.54. The van der Waals surface area contributed by atoms with Crippen LogP contribution in [0.5, 0.6) is 0 Å². The van der Waals surface area contributed by atoms with E-state index < -0.39 is 6.10 Å². The van der Waals surface area contributed by atoms with Gasteiger partial charge in [-0.2, -0.15) is 0 Å². The summed E-state index contributed by atoms with van der Waals surface area (Å²) in [6.45, 7) is 0. The first kappa shape index (κ1) is 9.27. The number of Topliss-reactive ketones (excluding diaryl/α,β-unsaturated/α-hetero) is 1. The molecule has 1 aromatic heterocycles. The van der Waals surface area contributed by atoms with Gasteiger partial charge < -0.3 is 5.11 Å². The van der Waals surface area contributed by atoms with E-state index in [0.717, 1.165) is 12.0 Å². The fourth-order valence-electron chi connectivity index (χ4n) is 1.83. The number of carbonyl (C=O) groups excluding carboxylic acids is 1. The molecular weight excluding hydrogens is 180 g/mol. The molecule has 1 fully saturated rings. The Labute approximate surface area is 82.0 Å². The van der Waals surface area contributed by atoms with E-state index in [1.807, 2.05) is 0 Å². The lowest BCUT2D eigenvalue weighted by atomic mass is 9.83. The first-order valence-electron chi connectivity index (χ1n) is 4.73. The van der Waals surface area contributed by atoms with Gasteiger partial charge in [0.1, 0.15) is 12.4 Å². The molecule has 0 aliphatic heterocycles. The van der Waals surface area contributed by atoms with E-state index in [1.165, 1.54) is 6.33 Å². The maximum absolute atomic E-state index is 11.1. The minimum atomic E-state index is -0.797. The molecule has 2 rings (SSSR count). The normalized spacial score (nSPS) is 27.6. The molecule has 1 N–H and O–H groups in total. The molecule has 4 heteroatoms. The van der Waals surface area contributed by atoms with E-state index in [2.05, 4.69) is 9.97 Å². The molecule has 0 aromatic carbocycles. The number of aromatic nitrogens is 2. The van der Waals surface area contributed by atoms with Crippen LogP contribution in [0, 0.1) is 0 Å². The zero-order chi connectivity index (χ0) is 9.97. The van der Waals surface area contributed by atoms with Gasteiger partial charge in [-0.1, -0.05) is 0 Å². The van der Waals surface area contributed by atoms with Crippen LogP contribution in [0.4, 0.5) is 0 Å². The zero-order valence-electron chi connectivity index (χ0n) is 7.76. The molecular formula is C10H12N2O2. The minimum absolute atomic E-state index is 0.0434. The third-order valence-corrected chi connectivity index (χ3v) is 2.67. The van der Waals surface area contributed by atoms with Crippen LogP contribution in [0.15, 0.2) is 18.7 Å². The summed E-state index contributed by atoms with van der Waals surface area (Å²) in [7, 11) is 0. The SMILES string of the molecule is O=C1CCC(c2cncnc2)CC1O. The van der Waals surface area contributed by atoms with Gasteiger partial charge in [0.25, 0.3) is 0 Å². The van der Waals surface area contributed by atoms with Gasteiger partial charge in [-0.15, -0.1) is 0 Å². The first-order valence-corrected chi connectivity index (χ1v) is 4.73. The minimum Gasteiger partial charge on any atom is -0.385 e. The summed E-state index contributed by atoms with van der Waals surface area (Å²) in [5, 5.41) is 9.42. The zero-order valence-corrected chi connectivity index (χ0v) is 7.76. The largest absolute Gasteiger partial charge is 0.385 e. The second-order valence-electron chi connectivity index (χ2n) is 3.63. The number of aliphatic hydroxyl groups excluding tert-OH is 1. The molecule has 1 aliphatic carbocycles. The van der Waals surface area contributed by atoms with Crippen LogP contribution < -0.4 is 0 Å². The van der Waals surface area contributed by atoms with Gasteiger partial charge in [-0.3, -0.25) is 4.79 Å². The predicted octanol–water partition coefficient (Wildman–Crippen LogP) is 0.674. The smallest absolute Gasteiger partial charge is 0.161 e. The van der Waals surface area contributed by atoms with Crippen LogP contribution in [0.1, 0.15) is 30.7 Å². The number of carbonyl (C=O) groups is 1. The molecule has 0 radical (unpaired) electrons. The number of nitrogens with zero attached hydrogens (tertiary/aromatic N) is 2. The third kappa shape index (κ3) is 1.80. The van der Waals surface area contributed by atoms with Crippen molar-refractivity contribution >= 4 is 5.78 Å². The average Bonchev–Trinajstić information content (AvgIpc) is 2.23. The van der Waals surface area contributed by atoms with E-state index in [1.54, 1.807) is 12.4 Å². The van der Waals surface area contributed by atoms with Gasteiger partial charge in [0.05, 0.1) is 0 Å². The van der Waals surface area contributed by atoms with E-state index in [-0.39, 0.29) is 11.7 Å². The maximum atomic E-state index is 11.1.